The molecular formula is C10H20N2OS2. The molecule has 5 heteroatoms. The van der Waals surface area contributed by atoms with E-state index < -0.39 is 0 Å². The predicted molar refractivity (Wildman–Crippen MR) is 70.1 cm³/mol. The Balaban J connectivity index is 2.42. The Kier molecular flexibility index (Phi) is 5.68. The van der Waals surface area contributed by atoms with Gasteiger partial charge in [-0.15, -0.1) is 0 Å². The molecule has 1 saturated heterocycles. The Hall–Kier alpha value is -0.0300. The number of amides is 2. The van der Waals surface area contributed by atoms with Crippen LogP contribution in [-0.2, 0) is 0 Å². The zero-order valence-corrected chi connectivity index (χ0v) is 11.0. The van der Waals surface area contributed by atoms with E-state index in [9.17, 15) is 4.79 Å². The second-order valence-corrected chi connectivity index (χ2v) is 4.82. The largest absolute Gasteiger partial charge is 0.323 e. The lowest BCUT2D eigenvalue weighted by Gasteiger charge is -2.20. The second-order valence-electron chi connectivity index (χ2n) is 3.93. The Morgan fingerprint density at radius 3 is 2.47 bits per heavy atom. The number of carbonyl (C=O) groups excluding carboxylic acids is 1. The maximum Gasteiger partial charge on any atom is 0.320 e. The molecule has 0 saturated carbocycles. The van der Waals surface area contributed by atoms with Gasteiger partial charge in [-0.05, 0) is 31.3 Å². The van der Waals surface area contributed by atoms with E-state index in [0.29, 0.717) is 6.04 Å². The lowest BCUT2D eigenvalue weighted by molar-refractivity contribution is 0.188. The standard InChI is InChI=1S/C10H20N2OS2/c1-9-8-11(4-2-6-14)10(13)12(9)5-3-7-15/h9,14-15H,2-8H2,1H3. The van der Waals surface area contributed by atoms with E-state index in [1.54, 1.807) is 0 Å². The van der Waals surface area contributed by atoms with Gasteiger partial charge in [0.25, 0.3) is 0 Å². The molecule has 1 atom stereocenters. The Bertz CT molecular complexity index is 214. The van der Waals surface area contributed by atoms with Crippen molar-refractivity contribution in [3.8, 4) is 0 Å². The molecule has 1 heterocycles. The number of carbonyl (C=O) groups is 1. The summed E-state index contributed by atoms with van der Waals surface area (Å²) in [5, 5.41) is 0. The van der Waals surface area contributed by atoms with Gasteiger partial charge < -0.3 is 9.80 Å². The molecule has 3 nitrogen and oxygen atoms in total. The molecule has 88 valence electrons. The summed E-state index contributed by atoms with van der Waals surface area (Å²) in [6, 6.07) is 0.531. The highest BCUT2D eigenvalue weighted by Gasteiger charge is 2.33. The first-order valence-electron chi connectivity index (χ1n) is 5.48. The van der Waals surface area contributed by atoms with Crippen molar-refractivity contribution in [2.45, 2.75) is 25.8 Å². The van der Waals surface area contributed by atoms with Gasteiger partial charge in [0.15, 0.2) is 0 Å². The summed E-state index contributed by atoms with van der Waals surface area (Å²) in [7, 11) is 0. The van der Waals surface area contributed by atoms with Crippen molar-refractivity contribution < 1.29 is 4.79 Å². The molecule has 1 fully saturated rings. The molecule has 0 aromatic carbocycles. The van der Waals surface area contributed by atoms with Gasteiger partial charge in [-0.3, -0.25) is 0 Å². The fourth-order valence-corrected chi connectivity index (χ4v) is 2.15. The van der Waals surface area contributed by atoms with E-state index in [1.165, 1.54) is 0 Å². The summed E-state index contributed by atoms with van der Waals surface area (Å²) in [5.41, 5.74) is 0. The maximum absolute atomic E-state index is 11.9. The van der Waals surface area contributed by atoms with Crippen molar-refractivity contribution in [2.24, 2.45) is 0 Å². The first-order valence-corrected chi connectivity index (χ1v) is 6.74. The SMILES string of the molecule is CC1CN(CCCS)C(=O)N1CCCS. The van der Waals surface area contributed by atoms with Gasteiger partial charge >= 0.3 is 6.03 Å². The van der Waals surface area contributed by atoms with Gasteiger partial charge in [0, 0.05) is 25.7 Å². The maximum atomic E-state index is 11.9. The Morgan fingerprint density at radius 2 is 1.87 bits per heavy atom. The predicted octanol–water partition coefficient (Wildman–Crippen LogP) is 1.75. The molecule has 15 heavy (non-hydrogen) atoms. The summed E-state index contributed by atoms with van der Waals surface area (Å²) in [6.45, 7) is 4.64. The van der Waals surface area contributed by atoms with E-state index in [0.717, 1.165) is 44.0 Å². The van der Waals surface area contributed by atoms with Crippen molar-refractivity contribution in [1.29, 1.82) is 0 Å². The summed E-state index contributed by atoms with van der Waals surface area (Å²) in [6.07, 6.45) is 1.95. The van der Waals surface area contributed by atoms with E-state index in [-0.39, 0.29) is 6.03 Å². The number of hydrogen-bond donors (Lipinski definition) is 2. The summed E-state index contributed by atoms with van der Waals surface area (Å²) >= 11 is 8.33. The first kappa shape index (κ1) is 13.0. The van der Waals surface area contributed by atoms with Crippen LogP contribution >= 0.6 is 25.3 Å². The minimum atomic E-state index is 0.186. The van der Waals surface area contributed by atoms with E-state index in [1.807, 2.05) is 9.80 Å². The third-order valence-corrected chi connectivity index (χ3v) is 3.31. The Morgan fingerprint density at radius 1 is 1.27 bits per heavy atom. The summed E-state index contributed by atoms with van der Waals surface area (Å²) in [4.78, 5) is 15.8. The van der Waals surface area contributed by atoms with Gasteiger partial charge in [-0.25, -0.2) is 4.79 Å². The molecule has 0 radical (unpaired) electrons. The number of rotatable bonds is 6. The van der Waals surface area contributed by atoms with Crippen molar-refractivity contribution in [3.05, 3.63) is 0 Å². The van der Waals surface area contributed by atoms with Gasteiger partial charge in [0.2, 0.25) is 0 Å². The van der Waals surface area contributed by atoms with Crippen LogP contribution < -0.4 is 0 Å². The highest BCUT2D eigenvalue weighted by Crippen LogP contribution is 2.16. The fourth-order valence-electron chi connectivity index (χ4n) is 1.87. The molecule has 1 aliphatic rings. The third-order valence-electron chi connectivity index (χ3n) is 2.68. The number of nitrogens with zero attached hydrogens (tertiary/aromatic N) is 2. The van der Waals surface area contributed by atoms with Crippen LogP contribution in [0.2, 0.25) is 0 Å². The van der Waals surface area contributed by atoms with Crippen LogP contribution in [0, 0.1) is 0 Å². The summed E-state index contributed by atoms with van der Waals surface area (Å²) in [5.74, 6) is 1.68. The topological polar surface area (TPSA) is 23.6 Å². The minimum absolute atomic E-state index is 0.186. The molecule has 0 spiro atoms. The highest BCUT2D eigenvalue weighted by molar-refractivity contribution is 7.80. The van der Waals surface area contributed by atoms with Crippen LogP contribution in [0.15, 0.2) is 0 Å². The van der Waals surface area contributed by atoms with Gasteiger partial charge in [-0.1, -0.05) is 0 Å². The molecule has 0 aromatic rings. The van der Waals surface area contributed by atoms with Gasteiger partial charge in [0.1, 0.15) is 0 Å². The molecule has 1 unspecified atom stereocenters. The molecule has 0 bridgehead atoms. The molecule has 1 aliphatic heterocycles. The van der Waals surface area contributed by atoms with E-state index >= 15 is 0 Å². The van der Waals surface area contributed by atoms with Crippen LogP contribution in [-0.4, -0.2) is 53.0 Å². The fraction of sp³-hybridized carbons (Fsp3) is 0.900. The number of urea groups is 1. The monoisotopic (exact) mass is 248 g/mol. The quantitative estimate of drug-likeness (QED) is 0.688. The van der Waals surface area contributed by atoms with Crippen molar-refractivity contribution in [3.63, 3.8) is 0 Å². The van der Waals surface area contributed by atoms with Crippen LogP contribution in [0.1, 0.15) is 19.8 Å². The highest BCUT2D eigenvalue weighted by atomic mass is 32.1. The van der Waals surface area contributed by atoms with Crippen molar-refractivity contribution >= 4 is 31.3 Å². The molecule has 1 rings (SSSR count). The molecule has 0 aliphatic carbocycles. The van der Waals surface area contributed by atoms with Gasteiger partial charge in [0.05, 0.1) is 0 Å². The van der Waals surface area contributed by atoms with E-state index in [2.05, 4.69) is 32.2 Å². The smallest absolute Gasteiger partial charge is 0.320 e. The summed E-state index contributed by atoms with van der Waals surface area (Å²) < 4.78 is 0. The van der Waals surface area contributed by atoms with Crippen LogP contribution in [0.25, 0.3) is 0 Å². The van der Waals surface area contributed by atoms with Crippen molar-refractivity contribution in [2.75, 3.05) is 31.1 Å². The third kappa shape index (κ3) is 3.48. The average molecular weight is 248 g/mol. The average Bonchev–Trinajstić information content (AvgIpc) is 2.49. The molecular weight excluding hydrogens is 228 g/mol. The number of hydrogen-bond acceptors (Lipinski definition) is 3. The Labute approximate surface area is 103 Å². The van der Waals surface area contributed by atoms with Crippen LogP contribution in [0.5, 0.6) is 0 Å². The number of thiol groups is 2. The van der Waals surface area contributed by atoms with Gasteiger partial charge in [-0.2, -0.15) is 25.3 Å². The molecule has 2 amide bonds. The first-order chi connectivity index (χ1) is 7.20. The van der Waals surface area contributed by atoms with E-state index in [4.69, 9.17) is 0 Å². The minimum Gasteiger partial charge on any atom is -0.323 e. The zero-order chi connectivity index (χ0) is 11.3. The lowest BCUT2D eigenvalue weighted by Crippen LogP contribution is -2.35. The second kappa shape index (κ2) is 6.53. The molecule has 0 N–H and O–H groups in total. The molecule has 0 aromatic heterocycles. The lowest BCUT2D eigenvalue weighted by atomic mass is 10.3. The van der Waals surface area contributed by atoms with Crippen molar-refractivity contribution in [1.82, 2.24) is 9.80 Å². The van der Waals surface area contributed by atoms with Crippen LogP contribution in [0.4, 0.5) is 4.79 Å². The zero-order valence-electron chi connectivity index (χ0n) is 9.22. The normalized spacial score (nSPS) is 21.5. The van der Waals surface area contributed by atoms with Crippen LogP contribution in [0.3, 0.4) is 0 Å².